The molecule has 4 aromatic rings. The van der Waals surface area contributed by atoms with E-state index in [4.69, 9.17) is 4.74 Å². The summed E-state index contributed by atoms with van der Waals surface area (Å²) < 4.78 is 45.8. The number of hydrogen-bond acceptors (Lipinski definition) is 4. The molecule has 8 heteroatoms. The number of alkyl halides is 3. The number of methoxy groups -OCH3 is 1. The Bertz CT molecular complexity index is 1120. The van der Waals surface area contributed by atoms with E-state index in [-0.39, 0.29) is 5.69 Å². The summed E-state index contributed by atoms with van der Waals surface area (Å²) in [4.78, 5) is 8.62. The Morgan fingerprint density at radius 3 is 2.54 bits per heavy atom. The van der Waals surface area contributed by atoms with Crippen molar-refractivity contribution in [2.24, 2.45) is 0 Å². The largest absolute Gasteiger partial charge is 0.497 e. The number of hydrogen-bond donors (Lipinski definition) is 1. The van der Waals surface area contributed by atoms with Crippen molar-refractivity contribution in [3.8, 4) is 17.0 Å². The van der Waals surface area contributed by atoms with Crippen LogP contribution in [-0.2, 0) is 6.18 Å². The molecule has 0 saturated heterocycles. The fourth-order valence-corrected chi connectivity index (χ4v) is 2.89. The minimum absolute atomic E-state index is 0.282. The fraction of sp³-hybridized carbons (Fsp3) is 0.100. The van der Waals surface area contributed by atoms with E-state index in [0.29, 0.717) is 11.5 Å². The van der Waals surface area contributed by atoms with Gasteiger partial charge in [0.2, 0.25) is 0 Å². The van der Waals surface area contributed by atoms with E-state index < -0.39 is 11.7 Å². The van der Waals surface area contributed by atoms with Crippen molar-refractivity contribution in [3.63, 3.8) is 0 Å². The number of rotatable bonds is 4. The van der Waals surface area contributed by atoms with Gasteiger partial charge in [0.05, 0.1) is 24.6 Å². The van der Waals surface area contributed by atoms with Crippen molar-refractivity contribution in [1.29, 1.82) is 0 Å². The first-order chi connectivity index (χ1) is 13.5. The fourth-order valence-electron chi connectivity index (χ4n) is 2.89. The zero-order valence-electron chi connectivity index (χ0n) is 14.7. The van der Waals surface area contributed by atoms with Crippen molar-refractivity contribution >= 4 is 17.2 Å². The van der Waals surface area contributed by atoms with Gasteiger partial charge in [-0.1, -0.05) is 6.07 Å². The lowest BCUT2D eigenvalue weighted by Crippen LogP contribution is -2.05. The zero-order chi connectivity index (χ0) is 19.7. The van der Waals surface area contributed by atoms with Gasteiger partial charge >= 0.3 is 6.18 Å². The number of nitrogens with zero attached hydrogens (tertiary/aromatic N) is 3. The van der Waals surface area contributed by atoms with Crippen LogP contribution in [-0.4, -0.2) is 21.5 Å². The highest BCUT2D eigenvalue weighted by Crippen LogP contribution is 2.32. The highest BCUT2D eigenvalue weighted by atomic mass is 19.4. The van der Waals surface area contributed by atoms with Crippen molar-refractivity contribution in [1.82, 2.24) is 14.4 Å². The summed E-state index contributed by atoms with van der Waals surface area (Å²) in [5.41, 5.74) is 1.80. The number of fused-ring (bicyclic) bond motifs is 1. The lowest BCUT2D eigenvalue weighted by atomic mass is 10.1. The molecule has 0 bridgehead atoms. The van der Waals surface area contributed by atoms with Crippen LogP contribution in [0.15, 0.2) is 67.1 Å². The lowest BCUT2D eigenvalue weighted by molar-refractivity contribution is -0.137. The molecule has 28 heavy (non-hydrogen) atoms. The van der Waals surface area contributed by atoms with E-state index in [1.807, 2.05) is 28.7 Å². The Morgan fingerprint density at radius 2 is 1.82 bits per heavy atom. The molecule has 0 saturated carbocycles. The highest BCUT2D eigenvalue weighted by molar-refractivity contribution is 5.74. The molecule has 142 valence electrons. The summed E-state index contributed by atoms with van der Waals surface area (Å²) in [6.45, 7) is 0. The van der Waals surface area contributed by atoms with Gasteiger partial charge in [0.1, 0.15) is 5.75 Å². The first kappa shape index (κ1) is 17.8. The Labute approximate surface area is 158 Å². The van der Waals surface area contributed by atoms with Crippen molar-refractivity contribution in [2.45, 2.75) is 6.18 Å². The summed E-state index contributed by atoms with van der Waals surface area (Å²) in [5.74, 6) is 1.10. The van der Waals surface area contributed by atoms with Gasteiger partial charge in [0, 0.05) is 23.6 Å². The van der Waals surface area contributed by atoms with Crippen molar-refractivity contribution in [3.05, 3.63) is 72.7 Å². The molecule has 0 amide bonds. The predicted molar refractivity (Wildman–Crippen MR) is 99.7 cm³/mol. The van der Waals surface area contributed by atoms with Crippen molar-refractivity contribution in [2.75, 3.05) is 12.4 Å². The molecule has 0 aliphatic heterocycles. The van der Waals surface area contributed by atoms with Gasteiger partial charge in [-0.3, -0.25) is 4.40 Å². The molecule has 2 aromatic carbocycles. The number of benzene rings is 2. The summed E-state index contributed by atoms with van der Waals surface area (Å²) >= 11 is 0. The SMILES string of the molecule is COc1ccc(-c2cnc3c(Nc4cccc(C(F)(F)F)c4)nccn23)cc1. The number of imidazole rings is 1. The van der Waals surface area contributed by atoms with Crippen LogP contribution in [0.5, 0.6) is 5.75 Å². The molecular formula is C20H15F3N4O. The van der Waals surface area contributed by atoms with E-state index in [1.165, 1.54) is 6.07 Å². The standard InChI is InChI=1S/C20H15F3N4O/c1-28-16-7-5-13(6-8-16)17-12-25-19-18(24-9-10-27(17)19)26-15-4-2-3-14(11-15)20(21,22)23/h2-12H,1H3,(H,24,26). The Kier molecular flexibility index (Phi) is 4.38. The van der Waals surface area contributed by atoms with Crippen LogP contribution in [0.1, 0.15) is 5.56 Å². The molecule has 0 unspecified atom stereocenters. The zero-order valence-corrected chi connectivity index (χ0v) is 14.7. The molecule has 5 nitrogen and oxygen atoms in total. The van der Waals surface area contributed by atoms with E-state index in [1.54, 1.807) is 31.8 Å². The molecule has 0 aliphatic rings. The first-order valence-electron chi connectivity index (χ1n) is 8.36. The molecule has 0 radical (unpaired) electrons. The van der Waals surface area contributed by atoms with Crippen LogP contribution in [0.4, 0.5) is 24.7 Å². The van der Waals surface area contributed by atoms with Crippen LogP contribution in [0.25, 0.3) is 16.9 Å². The third kappa shape index (κ3) is 3.36. The average Bonchev–Trinajstić information content (AvgIpc) is 3.13. The Balaban J connectivity index is 1.71. The van der Waals surface area contributed by atoms with E-state index >= 15 is 0 Å². The lowest BCUT2D eigenvalue weighted by Gasteiger charge is -2.11. The molecule has 0 atom stereocenters. The summed E-state index contributed by atoms with van der Waals surface area (Å²) in [6, 6.07) is 12.5. The van der Waals surface area contributed by atoms with Gasteiger partial charge in [-0.2, -0.15) is 13.2 Å². The maximum atomic E-state index is 12.9. The Morgan fingerprint density at radius 1 is 1.04 bits per heavy atom. The number of nitrogens with one attached hydrogen (secondary N) is 1. The van der Waals surface area contributed by atoms with E-state index in [9.17, 15) is 13.2 Å². The molecular weight excluding hydrogens is 369 g/mol. The van der Waals surface area contributed by atoms with Crippen LogP contribution in [0, 0.1) is 0 Å². The highest BCUT2D eigenvalue weighted by Gasteiger charge is 2.30. The van der Waals surface area contributed by atoms with Gasteiger partial charge in [-0.05, 0) is 42.5 Å². The number of ether oxygens (including phenoxy) is 1. The average molecular weight is 384 g/mol. The second-order valence-electron chi connectivity index (χ2n) is 6.04. The molecule has 2 heterocycles. The summed E-state index contributed by atoms with van der Waals surface area (Å²) in [7, 11) is 1.60. The number of aromatic nitrogens is 3. The van der Waals surface area contributed by atoms with Crippen LogP contribution < -0.4 is 10.1 Å². The topological polar surface area (TPSA) is 51.5 Å². The van der Waals surface area contributed by atoms with Gasteiger partial charge < -0.3 is 10.1 Å². The van der Waals surface area contributed by atoms with Gasteiger partial charge in [0.25, 0.3) is 0 Å². The van der Waals surface area contributed by atoms with Gasteiger partial charge in [-0.15, -0.1) is 0 Å². The molecule has 4 rings (SSSR count). The minimum atomic E-state index is -4.41. The predicted octanol–water partition coefficient (Wildman–Crippen LogP) is 5.17. The molecule has 0 spiro atoms. The first-order valence-corrected chi connectivity index (χ1v) is 8.36. The third-order valence-corrected chi connectivity index (χ3v) is 4.27. The monoisotopic (exact) mass is 384 g/mol. The molecule has 1 N–H and O–H groups in total. The normalized spacial score (nSPS) is 11.6. The molecule has 0 aliphatic carbocycles. The van der Waals surface area contributed by atoms with Gasteiger partial charge in [0.15, 0.2) is 11.5 Å². The quantitative estimate of drug-likeness (QED) is 0.528. The molecule has 2 aromatic heterocycles. The third-order valence-electron chi connectivity index (χ3n) is 4.27. The maximum absolute atomic E-state index is 12.9. The second-order valence-corrected chi connectivity index (χ2v) is 6.04. The Hall–Kier alpha value is -3.55. The van der Waals surface area contributed by atoms with Crippen LogP contribution in [0.2, 0.25) is 0 Å². The maximum Gasteiger partial charge on any atom is 0.416 e. The van der Waals surface area contributed by atoms with E-state index in [0.717, 1.165) is 29.1 Å². The van der Waals surface area contributed by atoms with E-state index in [2.05, 4.69) is 15.3 Å². The van der Waals surface area contributed by atoms with Gasteiger partial charge in [-0.25, -0.2) is 9.97 Å². The van der Waals surface area contributed by atoms with Crippen molar-refractivity contribution < 1.29 is 17.9 Å². The summed E-state index contributed by atoms with van der Waals surface area (Å²) in [5, 5.41) is 2.93. The van der Waals surface area contributed by atoms with Crippen LogP contribution >= 0.6 is 0 Å². The second kappa shape index (κ2) is 6.88. The van der Waals surface area contributed by atoms with Crippen LogP contribution in [0.3, 0.4) is 0 Å². The number of halogens is 3. The number of anilines is 2. The summed E-state index contributed by atoms with van der Waals surface area (Å²) in [6.07, 6.45) is 0.596. The smallest absolute Gasteiger partial charge is 0.416 e. The minimum Gasteiger partial charge on any atom is -0.497 e. The molecule has 0 fully saturated rings.